The Bertz CT molecular complexity index is 172. The van der Waals surface area contributed by atoms with Gasteiger partial charge in [-0.25, -0.2) is 8.42 Å². The second-order valence-electron chi connectivity index (χ2n) is 1.07. The first-order chi connectivity index (χ1) is 3.56. The Labute approximate surface area is 61.1 Å². The maximum atomic E-state index is 10.1. The molecule has 0 bridgehead atoms. The van der Waals surface area contributed by atoms with Crippen LogP contribution in [-0.4, -0.2) is 14.2 Å². The van der Waals surface area contributed by atoms with E-state index in [-0.39, 0.29) is 5.75 Å². The topological polar surface area (TPSA) is 34.1 Å². The van der Waals surface area contributed by atoms with Gasteiger partial charge in [-0.15, -0.1) is 0 Å². The van der Waals surface area contributed by atoms with Gasteiger partial charge in [0.1, 0.15) is 0 Å². The molecule has 0 heterocycles. The molecule has 0 aromatic rings. The summed E-state index contributed by atoms with van der Waals surface area (Å²) in [4.78, 5) is 1.45. The Morgan fingerprint density at radius 3 is 2.25 bits per heavy atom. The SMILES string of the molecule is O=S(=O)(Cl)C/C=C/Br. The zero-order valence-corrected chi connectivity index (χ0v) is 7.00. The highest BCUT2D eigenvalue weighted by molar-refractivity contribution is 9.11. The van der Waals surface area contributed by atoms with Crippen LogP contribution in [0.2, 0.25) is 0 Å². The van der Waals surface area contributed by atoms with Crippen LogP contribution in [-0.2, 0) is 9.05 Å². The van der Waals surface area contributed by atoms with Crippen molar-refractivity contribution < 1.29 is 8.42 Å². The highest BCUT2D eigenvalue weighted by Gasteiger charge is 1.98. The Morgan fingerprint density at radius 2 is 2.12 bits per heavy atom. The van der Waals surface area contributed by atoms with E-state index >= 15 is 0 Å². The molecule has 8 heavy (non-hydrogen) atoms. The van der Waals surface area contributed by atoms with Crippen molar-refractivity contribution in [1.82, 2.24) is 0 Å². The van der Waals surface area contributed by atoms with Gasteiger partial charge in [-0.3, -0.25) is 0 Å². The fraction of sp³-hybridized carbons (Fsp3) is 0.333. The van der Waals surface area contributed by atoms with Gasteiger partial charge < -0.3 is 0 Å². The molecule has 0 aliphatic rings. The van der Waals surface area contributed by atoms with Crippen molar-refractivity contribution in [2.45, 2.75) is 0 Å². The van der Waals surface area contributed by atoms with Crippen LogP contribution in [0.1, 0.15) is 0 Å². The lowest BCUT2D eigenvalue weighted by Crippen LogP contribution is -1.90. The third-order valence-corrected chi connectivity index (χ3v) is 1.73. The minimum absolute atomic E-state index is 0.125. The molecule has 0 amide bonds. The van der Waals surface area contributed by atoms with Gasteiger partial charge in [0.05, 0.1) is 5.75 Å². The van der Waals surface area contributed by atoms with Crippen molar-refractivity contribution in [3.8, 4) is 0 Å². The van der Waals surface area contributed by atoms with E-state index in [0.717, 1.165) is 0 Å². The van der Waals surface area contributed by atoms with Crippen LogP contribution >= 0.6 is 26.6 Å². The van der Waals surface area contributed by atoms with E-state index in [9.17, 15) is 8.42 Å². The summed E-state index contributed by atoms with van der Waals surface area (Å²) in [6.45, 7) is 0. The lowest BCUT2D eigenvalue weighted by Gasteiger charge is -1.81. The second-order valence-corrected chi connectivity index (χ2v) is 4.42. The lowest BCUT2D eigenvalue weighted by molar-refractivity contribution is 0.612. The molecular formula is C3H4BrClO2S. The van der Waals surface area contributed by atoms with E-state index < -0.39 is 9.05 Å². The van der Waals surface area contributed by atoms with Crippen LogP contribution in [0.15, 0.2) is 11.1 Å². The van der Waals surface area contributed by atoms with Crippen molar-refractivity contribution in [1.29, 1.82) is 0 Å². The fourth-order valence-electron chi connectivity index (χ4n) is 0.151. The first kappa shape index (κ1) is 8.46. The fourth-order valence-corrected chi connectivity index (χ4v) is 1.13. The van der Waals surface area contributed by atoms with Crippen molar-refractivity contribution in [3.63, 3.8) is 0 Å². The molecule has 0 fully saturated rings. The van der Waals surface area contributed by atoms with Gasteiger partial charge in [0.15, 0.2) is 0 Å². The van der Waals surface area contributed by atoms with Crippen molar-refractivity contribution in [2.24, 2.45) is 0 Å². The van der Waals surface area contributed by atoms with Crippen molar-refractivity contribution in [2.75, 3.05) is 5.75 Å². The molecule has 0 aromatic heterocycles. The zero-order valence-electron chi connectivity index (χ0n) is 3.84. The molecule has 0 radical (unpaired) electrons. The number of halogens is 2. The third-order valence-electron chi connectivity index (χ3n) is 0.384. The summed E-state index contributed by atoms with van der Waals surface area (Å²) >= 11 is 2.90. The first-order valence-corrected chi connectivity index (χ1v) is 5.13. The van der Waals surface area contributed by atoms with Gasteiger partial charge in [0, 0.05) is 10.7 Å². The molecule has 0 aliphatic heterocycles. The molecule has 48 valence electrons. The van der Waals surface area contributed by atoms with E-state index in [0.29, 0.717) is 0 Å². The first-order valence-electron chi connectivity index (χ1n) is 1.74. The number of hydrogen-bond donors (Lipinski definition) is 0. The monoisotopic (exact) mass is 218 g/mol. The second kappa shape index (κ2) is 3.48. The van der Waals surface area contributed by atoms with Gasteiger partial charge in [0.25, 0.3) is 0 Å². The standard InChI is InChI=1S/C3H4BrClO2S/c4-2-1-3-8(5,6)7/h1-2H,3H2/b2-1+. The molecule has 2 nitrogen and oxygen atoms in total. The molecule has 0 unspecified atom stereocenters. The summed E-state index contributed by atoms with van der Waals surface area (Å²) in [6.07, 6.45) is 1.41. The smallest absolute Gasteiger partial charge is 0.212 e. The maximum Gasteiger partial charge on any atom is 0.236 e. The molecule has 0 saturated carbocycles. The molecular weight excluding hydrogens is 215 g/mol. The number of rotatable bonds is 2. The third kappa shape index (κ3) is 6.46. The lowest BCUT2D eigenvalue weighted by atomic mass is 10.8. The quantitative estimate of drug-likeness (QED) is 0.659. The van der Waals surface area contributed by atoms with E-state index in [4.69, 9.17) is 10.7 Å². The molecule has 5 heteroatoms. The maximum absolute atomic E-state index is 10.1. The Morgan fingerprint density at radius 1 is 1.62 bits per heavy atom. The molecule has 0 N–H and O–H groups in total. The van der Waals surface area contributed by atoms with Crippen molar-refractivity contribution >= 4 is 35.7 Å². The van der Waals surface area contributed by atoms with Crippen LogP contribution in [0.3, 0.4) is 0 Å². The minimum Gasteiger partial charge on any atom is -0.212 e. The van der Waals surface area contributed by atoms with Crippen LogP contribution < -0.4 is 0 Å². The summed E-state index contributed by atoms with van der Waals surface area (Å²) in [6, 6.07) is 0. The van der Waals surface area contributed by atoms with E-state index in [1.807, 2.05) is 0 Å². The number of hydrogen-bond acceptors (Lipinski definition) is 2. The summed E-state index contributed by atoms with van der Waals surface area (Å²) < 4.78 is 20.2. The van der Waals surface area contributed by atoms with Gasteiger partial charge in [-0.05, 0) is 4.99 Å². The predicted octanol–water partition coefficient (Wildman–Crippen LogP) is 1.46. The Balaban J connectivity index is 3.76. The molecule has 0 aromatic carbocycles. The largest absolute Gasteiger partial charge is 0.236 e. The van der Waals surface area contributed by atoms with Crippen LogP contribution in [0.5, 0.6) is 0 Å². The average molecular weight is 219 g/mol. The molecule has 0 spiro atoms. The normalized spacial score (nSPS) is 12.8. The van der Waals surface area contributed by atoms with Crippen LogP contribution in [0.25, 0.3) is 0 Å². The van der Waals surface area contributed by atoms with Gasteiger partial charge in [-0.2, -0.15) is 0 Å². The zero-order chi connectivity index (χ0) is 6.62. The molecule has 0 aliphatic carbocycles. The molecule has 0 saturated heterocycles. The van der Waals surface area contributed by atoms with Crippen LogP contribution in [0.4, 0.5) is 0 Å². The summed E-state index contributed by atoms with van der Waals surface area (Å²) in [5, 5.41) is 0. The van der Waals surface area contributed by atoms with Crippen molar-refractivity contribution in [3.05, 3.63) is 11.1 Å². The van der Waals surface area contributed by atoms with Gasteiger partial charge in [0.2, 0.25) is 9.05 Å². The van der Waals surface area contributed by atoms with E-state index in [2.05, 4.69) is 15.9 Å². The van der Waals surface area contributed by atoms with E-state index in [1.54, 1.807) is 0 Å². The Kier molecular flexibility index (Phi) is 3.68. The average Bonchev–Trinajstić information content (AvgIpc) is 1.59. The van der Waals surface area contributed by atoms with Gasteiger partial charge in [-0.1, -0.05) is 22.0 Å². The van der Waals surface area contributed by atoms with E-state index in [1.165, 1.54) is 11.1 Å². The summed E-state index contributed by atoms with van der Waals surface area (Å²) in [7, 11) is 1.48. The highest BCUT2D eigenvalue weighted by atomic mass is 79.9. The molecule has 0 atom stereocenters. The minimum atomic E-state index is -3.33. The predicted molar refractivity (Wildman–Crippen MR) is 37.7 cm³/mol. The van der Waals surface area contributed by atoms with Crippen LogP contribution in [0, 0.1) is 0 Å². The highest BCUT2D eigenvalue weighted by Crippen LogP contribution is 1.96. The molecule has 0 rings (SSSR count). The summed E-state index contributed by atoms with van der Waals surface area (Å²) in [5.41, 5.74) is 0. The Hall–Kier alpha value is 0.460. The van der Waals surface area contributed by atoms with Gasteiger partial charge >= 0.3 is 0 Å². The summed E-state index contributed by atoms with van der Waals surface area (Å²) in [5.74, 6) is -0.125.